The van der Waals surface area contributed by atoms with Gasteiger partial charge in [-0.1, -0.05) is 0 Å². The van der Waals surface area contributed by atoms with E-state index in [0.29, 0.717) is 169 Å². The molecule has 4 aromatic rings. The van der Waals surface area contributed by atoms with Gasteiger partial charge in [-0.3, -0.25) is 0 Å². The van der Waals surface area contributed by atoms with Gasteiger partial charge >= 0.3 is 0 Å². The minimum absolute atomic E-state index is 0.348. The fourth-order valence-electron chi connectivity index (χ4n) is 6.82. The van der Waals surface area contributed by atoms with Crippen LogP contribution in [0.5, 0.6) is 69.0 Å². The van der Waals surface area contributed by atoms with Gasteiger partial charge in [-0.25, -0.2) is 0 Å². The number of hydrogen-bond acceptors (Lipinski definition) is 13. The average molecular weight is 909 g/mol. The van der Waals surface area contributed by atoms with E-state index in [9.17, 15) is 0 Å². The number of ether oxygens (including phenoxy) is 12. The summed E-state index contributed by atoms with van der Waals surface area (Å²) in [4.78, 5) is 0. The Labute approximate surface area is 378 Å². The monoisotopic (exact) mass is 908 g/mol. The summed E-state index contributed by atoms with van der Waals surface area (Å²) in [6, 6.07) is 15.4. The number of benzene rings is 4. The molecule has 4 aromatic carbocycles. The fourth-order valence-corrected chi connectivity index (χ4v) is 12.7. The zero-order chi connectivity index (χ0) is 45.7. The summed E-state index contributed by atoms with van der Waals surface area (Å²) in [5, 5.41) is 2.85. The Bertz CT molecular complexity index is 1730. The van der Waals surface area contributed by atoms with E-state index in [1.807, 2.05) is 132 Å². The molecule has 0 aromatic heterocycles. The third-order valence-corrected chi connectivity index (χ3v) is 14.0. The first-order valence-corrected chi connectivity index (χ1v) is 25.2. The molecule has 0 fully saturated rings. The molecule has 0 unspecified atom stereocenters. The lowest BCUT2D eigenvalue weighted by atomic mass is 10.3. The Kier molecular flexibility index (Phi) is 21.2. The first kappa shape index (κ1) is 50.5. The summed E-state index contributed by atoms with van der Waals surface area (Å²) >= 11 is 0. The van der Waals surface area contributed by atoms with Crippen LogP contribution < -0.4 is 77.6 Å². The predicted octanol–water partition coefficient (Wildman–Crippen LogP) is 7.40. The summed E-state index contributed by atoms with van der Waals surface area (Å²) in [7, 11) is -5.23. The summed E-state index contributed by atoms with van der Waals surface area (Å²) in [6.07, 6.45) is 0. The van der Waals surface area contributed by atoms with Crippen molar-refractivity contribution in [2.45, 2.75) is 83.1 Å². The summed E-state index contributed by atoms with van der Waals surface area (Å²) < 4.78 is 84.7. The molecule has 0 N–H and O–H groups in total. The molecular formula is C48H68O13Si2. The first-order chi connectivity index (χ1) is 30.7. The van der Waals surface area contributed by atoms with Gasteiger partial charge in [0, 0.05) is 45.0 Å². The van der Waals surface area contributed by atoms with E-state index in [4.69, 9.17) is 61.0 Å². The minimum atomic E-state index is -2.62. The van der Waals surface area contributed by atoms with Gasteiger partial charge in [0.2, 0.25) is 0 Å². The van der Waals surface area contributed by atoms with Crippen molar-refractivity contribution in [3.8, 4) is 69.0 Å². The quantitative estimate of drug-likeness (QED) is 0.0484. The fraction of sp³-hybridized carbons (Fsp3) is 0.500. The second-order valence-electron chi connectivity index (χ2n) is 13.1. The van der Waals surface area contributed by atoms with E-state index >= 15 is 0 Å². The second kappa shape index (κ2) is 26.5. The Morgan fingerprint density at radius 1 is 0.254 bits per heavy atom. The second-order valence-corrected chi connectivity index (χ2v) is 17.4. The molecule has 0 aliphatic heterocycles. The molecule has 13 nitrogen and oxygen atoms in total. The van der Waals surface area contributed by atoms with Gasteiger partial charge < -0.3 is 61.0 Å². The van der Waals surface area contributed by atoms with Crippen LogP contribution in [-0.4, -0.2) is 97.4 Å². The topological polar surface area (TPSA) is 120 Å². The minimum Gasteiger partial charge on any atom is -0.494 e. The standard InChI is InChI=1S/C48H68O13Si2/c1-13-49-33-25-37(53-17-5)45(57-21-9)41(29-33)62(42-30-34(50-14-2)26-38(54-18-6)46(42)58-22-10)61-63(43-31-35(51-15-3)27-39(55-19-7)47(43)59-23-11)44-32-36(52-16-4)28-40(56-20-8)48(44)60-24-12/h25-32H,13-24H2,1-12H3. The van der Waals surface area contributed by atoms with Crippen LogP contribution in [-0.2, 0) is 4.12 Å². The molecule has 4 rings (SSSR count). The van der Waals surface area contributed by atoms with Crippen molar-refractivity contribution in [2.75, 3.05) is 79.3 Å². The highest BCUT2D eigenvalue weighted by Crippen LogP contribution is 2.38. The lowest BCUT2D eigenvalue weighted by molar-refractivity contribution is 0.283. The van der Waals surface area contributed by atoms with Gasteiger partial charge in [0.25, 0.3) is 18.1 Å². The lowest BCUT2D eigenvalue weighted by Gasteiger charge is -2.30. The zero-order valence-corrected chi connectivity index (χ0v) is 41.4. The Morgan fingerprint density at radius 3 is 0.619 bits per heavy atom. The zero-order valence-electron chi connectivity index (χ0n) is 39.4. The van der Waals surface area contributed by atoms with Crippen molar-refractivity contribution in [2.24, 2.45) is 0 Å². The third kappa shape index (κ3) is 13.0. The normalized spacial score (nSPS) is 11.0. The van der Waals surface area contributed by atoms with Crippen LogP contribution in [0.25, 0.3) is 0 Å². The van der Waals surface area contributed by atoms with Gasteiger partial charge in [0.1, 0.15) is 23.0 Å². The molecule has 346 valence electrons. The summed E-state index contributed by atoms with van der Waals surface area (Å²) in [6.45, 7) is 27.9. The molecule has 0 spiro atoms. The molecule has 0 aliphatic rings. The van der Waals surface area contributed by atoms with Crippen molar-refractivity contribution in [1.82, 2.24) is 0 Å². The first-order valence-electron chi connectivity index (χ1n) is 22.4. The molecule has 2 radical (unpaired) electrons. The van der Waals surface area contributed by atoms with Crippen molar-refractivity contribution in [3.05, 3.63) is 48.5 Å². The summed E-state index contributed by atoms with van der Waals surface area (Å²) in [5.74, 6) is 6.49. The van der Waals surface area contributed by atoms with Crippen LogP contribution in [0.3, 0.4) is 0 Å². The van der Waals surface area contributed by atoms with E-state index in [1.165, 1.54) is 0 Å². The Hall–Kier alpha value is -5.13. The van der Waals surface area contributed by atoms with E-state index in [1.54, 1.807) is 0 Å². The Morgan fingerprint density at radius 2 is 0.444 bits per heavy atom. The Balaban J connectivity index is 2.36. The van der Waals surface area contributed by atoms with E-state index in [-0.39, 0.29) is 0 Å². The smallest absolute Gasteiger partial charge is 0.280 e. The van der Waals surface area contributed by atoms with Crippen molar-refractivity contribution < 1.29 is 61.0 Å². The van der Waals surface area contributed by atoms with Crippen LogP contribution in [0.1, 0.15) is 83.1 Å². The molecule has 15 heteroatoms. The van der Waals surface area contributed by atoms with Crippen molar-refractivity contribution in [3.63, 3.8) is 0 Å². The van der Waals surface area contributed by atoms with Crippen molar-refractivity contribution >= 4 is 38.8 Å². The maximum Gasteiger partial charge on any atom is 0.280 e. The molecule has 0 saturated carbocycles. The van der Waals surface area contributed by atoms with E-state index in [2.05, 4.69) is 0 Å². The molecule has 0 heterocycles. The largest absolute Gasteiger partial charge is 0.494 e. The molecule has 0 aliphatic carbocycles. The van der Waals surface area contributed by atoms with Gasteiger partial charge in [-0.05, 0) is 107 Å². The predicted molar refractivity (Wildman–Crippen MR) is 251 cm³/mol. The average Bonchev–Trinajstić information content (AvgIpc) is 3.26. The van der Waals surface area contributed by atoms with Gasteiger partial charge in [-0.2, -0.15) is 0 Å². The van der Waals surface area contributed by atoms with E-state index < -0.39 is 18.1 Å². The van der Waals surface area contributed by atoms with Crippen LogP contribution in [0.2, 0.25) is 0 Å². The third-order valence-electron chi connectivity index (χ3n) is 8.89. The van der Waals surface area contributed by atoms with Crippen LogP contribution in [0.15, 0.2) is 48.5 Å². The maximum atomic E-state index is 8.05. The SMILES string of the molecule is CCOc1cc(OCC)c(OCC)c([Si](O[Si](c2cc(OCC)cc(OCC)c2OCC)c2cc(OCC)cc(OCC)c2OCC)c2cc(OCC)cc(OCC)c2OCC)c1. The maximum absolute atomic E-state index is 8.05. The van der Waals surface area contributed by atoms with Crippen LogP contribution in [0.4, 0.5) is 0 Å². The summed E-state index contributed by atoms with van der Waals surface area (Å²) in [5.41, 5.74) is 0. The lowest BCUT2D eigenvalue weighted by Crippen LogP contribution is -2.57. The van der Waals surface area contributed by atoms with E-state index in [0.717, 1.165) is 0 Å². The van der Waals surface area contributed by atoms with Gasteiger partial charge in [0.05, 0.1) is 79.3 Å². The van der Waals surface area contributed by atoms with Crippen LogP contribution >= 0.6 is 0 Å². The highest BCUT2D eigenvalue weighted by atomic mass is 28.4. The highest BCUT2D eigenvalue weighted by Gasteiger charge is 2.40. The van der Waals surface area contributed by atoms with Crippen LogP contribution in [0, 0.1) is 0 Å². The van der Waals surface area contributed by atoms with Gasteiger partial charge in [-0.15, -0.1) is 0 Å². The number of rotatable bonds is 30. The van der Waals surface area contributed by atoms with Crippen molar-refractivity contribution in [1.29, 1.82) is 0 Å². The molecule has 63 heavy (non-hydrogen) atoms. The van der Waals surface area contributed by atoms with Gasteiger partial charge in [0.15, 0.2) is 46.0 Å². The molecule has 0 saturated heterocycles. The molecule has 0 bridgehead atoms. The highest BCUT2D eigenvalue weighted by molar-refractivity contribution is 6.93. The molecular weight excluding hydrogens is 841 g/mol. The molecule has 0 amide bonds. The molecule has 0 atom stereocenters. The number of hydrogen-bond donors (Lipinski definition) is 0.